The first-order valence-corrected chi connectivity index (χ1v) is 8.80. The fourth-order valence-corrected chi connectivity index (χ4v) is 3.09. The van der Waals surface area contributed by atoms with Gasteiger partial charge in [-0.15, -0.1) is 0 Å². The zero-order chi connectivity index (χ0) is 20.5. The van der Waals surface area contributed by atoms with Crippen LogP contribution in [-0.4, -0.2) is 36.0 Å². The lowest BCUT2D eigenvalue weighted by Gasteiger charge is -2.39. The van der Waals surface area contributed by atoms with Crippen LogP contribution in [0.25, 0.3) is 0 Å². The number of benzene rings is 2. The van der Waals surface area contributed by atoms with E-state index >= 15 is 0 Å². The Bertz CT molecular complexity index is 881. The molecule has 1 heterocycles. The van der Waals surface area contributed by atoms with E-state index < -0.39 is 29.7 Å². The number of aryl methyl sites for hydroxylation is 1. The minimum atomic E-state index is -4.49. The van der Waals surface area contributed by atoms with E-state index in [1.54, 1.807) is 19.1 Å². The van der Waals surface area contributed by atoms with Gasteiger partial charge >= 0.3 is 12.2 Å². The van der Waals surface area contributed by atoms with Gasteiger partial charge in [0.25, 0.3) is 0 Å². The number of halogens is 3. The van der Waals surface area contributed by atoms with Crippen LogP contribution in [0.4, 0.5) is 29.3 Å². The van der Waals surface area contributed by atoms with Gasteiger partial charge in [0.2, 0.25) is 5.91 Å². The maximum Gasteiger partial charge on any atom is 0.416 e. The van der Waals surface area contributed by atoms with Gasteiger partial charge in [-0.05, 0) is 44.2 Å². The number of nitrogens with zero attached hydrogens (tertiary/aromatic N) is 2. The van der Waals surface area contributed by atoms with Gasteiger partial charge in [-0.25, -0.2) is 4.79 Å². The first-order chi connectivity index (χ1) is 13.2. The van der Waals surface area contributed by atoms with Crippen molar-refractivity contribution in [1.29, 1.82) is 0 Å². The Kier molecular flexibility index (Phi) is 5.31. The molecule has 1 fully saturated rings. The van der Waals surface area contributed by atoms with Gasteiger partial charge in [-0.1, -0.05) is 23.8 Å². The van der Waals surface area contributed by atoms with Crippen LogP contribution in [-0.2, 0) is 11.0 Å². The van der Waals surface area contributed by atoms with E-state index in [2.05, 4.69) is 5.32 Å². The number of alkyl halides is 3. The first-order valence-electron chi connectivity index (χ1n) is 8.80. The summed E-state index contributed by atoms with van der Waals surface area (Å²) in [7, 11) is 0. The smallest absolute Gasteiger partial charge is 0.311 e. The molecule has 1 aliphatic heterocycles. The molecule has 1 unspecified atom stereocenters. The molecule has 0 spiro atoms. The molecular weight excluding hydrogens is 371 g/mol. The highest BCUT2D eigenvalue weighted by Crippen LogP contribution is 2.32. The third-order valence-corrected chi connectivity index (χ3v) is 4.70. The fraction of sp³-hybridized carbons (Fsp3) is 0.300. The Labute approximate surface area is 160 Å². The van der Waals surface area contributed by atoms with Crippen LogP contribution >= 0.6 is 0 Å². The second-order valence-electron chi connectivity index (χ2n) is 6.70. The molecule has 0 aromatic heterocycles. The second kappa shape index (κ2) is 7.53. The minimum absolute atomic E-state index is 0.117. The van der Waals surface area contributed by atoms with Crippen LogP contribution < -0.4 is 10.2 Å². The number of anilines is 2. The average molecular weight is 391 g/mol. The van der Waals surface area contributed by atoms with Crippen molar-refractivity contribution in [2.45, 2.75) is 26.1 Å². The minimum Gasteiger partial charge on any atom is -0.311 e. The summed E-state index contributed by atoms with van der Waals surface area (Å²) in [6, 6.07) is 10.7. The van der Waals surface area contributed by atoms with Crippen molar-refractivity contribution in [2.24, 2.45) is 0 Å². The highest BCUT2D eigenvalue weighted by atomic mass is 19.4. The van der Waals surface area contributed by atoms with Crippen LogP contribution in [0.15, 0.2) is 48.5 Å². The number of hydrogen-bond acceptors (Lipinski definition) is 2. The lowest BCUT2D eigenvalue weighted by atomic mass is 10.1. The van der Waals surface area contributed by atoms with Crippen molar-refractivity contribution >= 4 is 23.3 Å². The molecule has 5 nitrogen and oxygen atoms in total. The van der Waals surface area contributed by atoms with Crippen molar-refractivity contribution in [3.05, 3.63) is 59.7 Å². The molecule has 1 aliphatic rings. The average Bonchev–Trinajstić information content (AvgIpc) is 2.65. The lowest BCUT2D eigenvalue weighted by molar-refractivity contribution is -0.137. The molecule has 0 radical (unpaired) electrons. The molecule has 0 aliphatic carbocycles. The van der Waals surface area contributed by atoms with Crippen molar-refractivity contribution < 1.29 is 22.8 Å². The van der Waals surface area contributed by atoms with E-state index in [0.29, 0.717) is 5.69 Å². The normalized spacial score (nSPS) is 17.6. The predicted octanol–water partition coefficient (Wildman–Crippen LogP) is 4.28. The van der Waals surface area contributed by atoms with Gasteiger partial charge in [0, 0.05) is 24.5 Å². The monoisotopic (exact) mass is 391 g/mol. The van der Waals surface area contributed by atoms with Crippen molar-refractivity contribution in [2.75, 3.05) is 23.3 Å². The number of rotatable bonds is 2. The van der Waals surface area contributed by atoms with E-state index in [-0.39, 0.29) is 18.8 Å². The molecule has 3 amide bonds. The van der Waals surface area contributed by atoms with Gasteiger partial charge < -0.3 is 15.1 Å². The van der Waals surface area contributed by atoms with Crippen LogP contribution in [0.1, 0.15) is 18.1 Å². The summed E-state index contributed by atoms with van der Waals surface area (Å²) in [5.41, 5.74) is 1.02. The topological polar surface area (TPSA) is 52.7 Å². The standard InChI is InChI=1S/C20H20F3N3O2/c1-13-6-8-16(9-7-13)24-19(28)25-10-11-26(18(27)14(25)2)17-5-3-4-15(12-17)20(21,22)23/h3-9,12,14H,10-11H2,1-2H3,(H,24,28). The van der Waals surface area contributed by atoms with E-state index in [1.165, 1.54) is 21.9 Å². The molecule has 0 saturated carbocycles. The highest BCUT2D eigenvalue weighted by Gasteiger charge is 2.36. The third-order valence-electron chi connectivity index (χ3n) is 4.70. The molecular formula is C20H20F3N3O2. The van der Waals surface area contributed by atoms with E-state index in [0.717, 1.165) is 17.7 Å². The van der Waals surface area contributed by atoms with E-state index in [1.807, 2.05) is 19.1 Å². The molecule has 3 rings (SSSR count). The maximum atomic E-state index is 12.9. The van der Waals surface area contributed by atoms with Gasteiger partial charge in [0.1, 0.15) is 6.04 Å². The van der Waals surface area contributed by atoms with Crippen molar-refractivity contribution in [3.8, 4) is 0 Å². The van der Waals surface area contributed by atoms with Crippen LogP contribution in [0.3, 0.4) is 0 Å². The molecule has 1 saturated heterocycles. The highest BCUT2D eigenvalue weighted by molar-refractivity contribution is 6.01. The molecule has 2 aromatic rings. The van der Waals surface area contributed by atoms with Gasteiger partial charge in [-0.3, -0.25) is 4.79 Å². The lowest BCUT2D eigenvalue weighted by Crippen LogP contribution is -2.58. The summed E-state index contributed by atoms with van der Waals surface area (Å²) in [6.45, 7) is 3.82. The van der Waals surface area contributed by atoms with Gasteiger partial charge in [0.05, 0.1) is 5.56 Å². The Morgan fingerprint density at radius 2 is 1.79 bits per heavy atom. The molecule has 8 heteroatoms. The number of hydrogen-bond donors (Lipinski definition) is 1. The van der Waals surface area contributed by atoms with Crippen molar-refractivity contribution in [3.63, 3.8) is 0 Å². The number of carbonyl (C=O) groups is 2. The summed E-state index contributed by atoms with van der Waals surface area (Å²) in [4.78, 5) is 27.9. The predicted molar refractivity (Wildman–Crippen MR) is 100 cm³/mol. The Morgan fingerprint density at radius 3 is 2.43 bits per heavy atom. The molecule has 0 bridgehead atoms. The number of amides is 3. The number of urea groups is 1. The van der Waals surface area contributed by atoms with Gasteiger partial charge in [-0.2, -0.15) is 13.2 Å². The second-order valence-corrected chi connectivity index (χ2v) is 6.70. The maximum absolute atomic E-state index is 12.9. The summed E-state index contributed by atoms with van der Waals surface area (Å²) in [6.07, 6.45) is -4.49. The number of carbonyl (C=O) groups excluding carboxylic acids is 2. The Morgan fingerprint density at radius 1 is 1.11 bits per heavy atom. The molecule has 2 aromatic carbocycles. The summed E-state index contributed by atoms with van der Waals surface area (Å²) < 4.78 is 38.8. The van der Waals surface area contributed by atoms with Crippen LogP contribution in [0.2, 0.25) is 0 Å². The Balaban J connectivity index is 1.73. The SMILES string of the molecule is Cc1ccc(NC(=O)N2CCN(c3cccc(C(F)(F)F)c3)C(=O)C2C)cc1. The van der Waals surface area contributed by atoms with Gasteiger partial charge in [0.15, 0.2) is 0 Å². The third kappa shape index (κ3) is 4.11. The van der Waals surface area contributed by atoms with E-state index in [9.17, 15) is 22.8 Å². The molecule has 148 valence electrons. The van der Waals surface area contributed by atoms with Crippen LogP contribution in [0.5, 0.6) is 0 Å². The molecule has 28 heavy (non-hydrogen) atoms. The summed E-state index contributed by atoms with van der Waals surface area (Å²) in [5, 5.41) is 2.74. The number of nitrogens with one attached hydrogen (secondary N) is 1. The zero-order valence-electron chi connectivity index (χ0n) is 15.5. The summed E-state index contributed by atoms with van der Waals surface area (Å²) >= 11 is 0. The molecule has 1 N–H and O–H groups in total. The van der Waals surface area contributed by atoms with E-state index in [4.69, 9.17) is 0 Å². The first kappa shape index (κ1) is 19.7. The van der Waals surface area contributed by atoms with Crippen LogP contribution in [0, 0.1) is 6.92 Å². The summed E-state index contributed by atoms with van der Waals surface area (Å²) in [5.74, 6) is -0.426. The zero-order valence-corrected chi connectivity index (χ0v) is 15.5. The largest absolute Gasteiger partial charge is 0.416 e. The number of piperazine rings is 1. The molecule has 1 atom stereocenters. The van der Waals surface area contributed by atoms with Crippen molar-refractivity contribution in [1.82, 2.24) is 4.90 Å². The Hall–Kier alpha value is -3.03. The quantitative estimate of drug-likeness (QED) is 0.831. The fourth-order valence-electron chi connectivity index (χ4n) is 3.09.